The maximum Gasteiger partial charge on any atom is 0.342 e. The molecule has 1 aromatic rings. The number of esters is 1. The molecular weight excluding hydrogens is 406 g/mol. The van der Waals surface area contributed by atoms with Crippen LogP contribution in [0.4, 0.5) is 5.69 Å². The lowest BCUT2D eigenvalue weighted by Gasteiger charge is -2.22. The number of benzene rings is 1. The summed E-state index contributed by atoms with van der Waals surface area (Å²) in [7, 11) is 0. The number of fused-ring (bicyclic) bond motifs is 1. The average molecular weight is 437 g/mol. The van der Waals surface area contributed by atoms with E-state index in [0.29, 0.717) is 11.3 Å². The number of phenols is 1. The van der Waals surface area contributed by atoms with Gasteiger partial charge in [0.1, 0.15) is 29.6 Å². The predicted octanol–water partition coefficient (Wildman–Crippen LogP) is 0.394. The third-order valence-electron chi connectivity index (χ3n) is 5.17. The molecule has 0 bridgehead atoms. The minimum Gasteiger partial charge on any atom is -0.507 e. The van der Waals surface area contributed by atoms with E-state index in [0.717, 1.165) is 0 Å². The van der Waals surface area contributed by atoms with E-state index in [1.165, 1.54) is 24.3 Å². The van der Waals surface area contributed by atoms with E-state index in [4.69, 9.17) is 9.84 Å². The fraction of sp³-hybridized carbons (Fsp3) is 0.500. The predicted molar refractivity (Wildman–Crippen MR) is 115 cm³/mol. The topological polar surface area (TPSA) is 160 Å². The van der Waals surface area contributed by atoms with Gasteiger partial charge >= 0.3 is 5.97 Å². The van der Waals surface area contributed by atoms with Crippen LogP contribution in [0.25, 0.3) is 6.08 Å². The molecular formula is C22H31NO8. The van der Waals surface area contributed by atoms with Gasteiger partial charge in [-0.3, -0.25) is 0 Å². The fourth-order valence-corrected chi connectivity index (χ4v) is 3.00. The van der Waals surface area contributed by atoms with Gasteiger partial charge in [0.15, 0.2) is 0 Å². The number of nitrogens with one attached hydrogen (secondary N) is 1. The van der Waals surface area contributed by atoms with Crippen LogP contribution in [0.1, 0.15) is 36.2 Å². The molecule has 0 aliphatic carbocycles. The van der Waals surface area contributed by atoms with Crippen LogP contribution in [0.2, 0.25) is 0 Å². The molecule has 1 aliphatic heterocycles. The van der Waals surface area contributed by atoms with Crippen molar-refractivity contribution < 1.29 is 40.2 Å². The van der Waals surface area contributed by atoms with E-state index in [2.05, 4.69) is 5.32 Å². The number of hydrogen-bond acceptors (Lipinski definition) is 9. The molecule has 1 aliphatic rings. The average Bonchev–Trinajstić information content (AvgIpc) is 2.73. The number of carbonyl (C=O) groups excluding carboxylic acids is 1. The van der Waals surface area contributed by atoms with Gasteiger partial charge in [-0.05, 0) is 25.0 Å². The maximum atomic E-state index is 12.8. The Balaban J connectivity index is 2.43. The second kappa shape index (κ2) is 11.3. The summed E-state index contributed by atoms with van der Waals surface area (Å²) in [6, 6.07) is 2.86. The van der Waals surface area contributed by atoms with Crippen molar-refractivity contribution in [2.45, 2.75) is 50.8 Å². The standard InChI is InChI=1S/C22H31NO8/c1-12-6-7-18(27)21(29)17(26)5-3-4-14-8-15(23-10-16(25)11-24)9-19(28)20(14)22(30)31-13(12)2/h3-4,6-9,12-13,16-18,21,23-29H,5,10-11H2,1-2H3/b4-3+,7-6-/t12-,13+,16?,17+,18?,21+/m1/s1. The van der Waals surface area contributed by atoms with E-state index in [1.54, 1.807) is 26.0 Å². The molecule has 9 nitrogen and oxygen atoms in total. The number of cyclic esters (lactones) is 1. The van der Waals surface area contributed by atoms with Crippen LogP contribution >= 0.6 is 0 Å². The summed E-state index contributed by atoms with van der Waals surface area (Å²) in [5, 5.41) is 62.1. The number of phenolic OH excluding ortho intramolecular Hbond substituents is 1. The summed E-state index contributed by atoms with van der Waals surface area (Å²) >= 11 is 0. The second-order valence-corrected chi connectivity index (χ2v) is 7.72. The Morgan fingerprint density at radius 2 is 1.90 bits per heavy atom. The summed E-state index contributed by atoms with van der Waals surface area (Å²) in [6.07, 6.45) is 0.344. The third kappa shape index (κ3) is 6.78. The molecule has 2 rings (SSSR count). The van der Waals surface area contributed by atoms with Crippen LogP contribution in [0, 0.1) is 5.92 Å². The number of anilines is 1. The van der Waals surface area contributed by atoms with Gasteiger partial charge < -0.3 is 40.7 Å². The maximum absolute atomic E-state index is 12.8. The van der Waals surface area contributed by atoms with Gasteiger partial charge in [0.05, 0.1) is 18.8 Å². The molecule has 6 atom stereocenters. The second-order valence-electron chi connectivity index (χ2n) is 7.72. The third-order valence-corrected chi connectivity index (χ3v) is 5.17. The van der Waals surface area contributed by atoms with E-state index in [1.807, 2.05) is 0 Å². The minimum atomic E-state index is -1.41. The first-order valence-electron chi connectivity index (χ1n) is 10.1. The van der Waals surface area contributed by atoms with E-state index in [9.17, 15) is 30.3 Å². The minimum absolute atomic E-state index is 0.0197. The molecule has 0 aromatic heterocycles. The van der Waals surface area contributed by atoms with Crippen LogP contribution in [0.15, 0.2) is 30.4 Å². The molecule has 9 heteroatoms. The first-order chi connectivity index (χ1) is 14.6. The zero-order valence-electron chi connectivity index (χ0n) is 17.5. The van der Waals surface area contributed by atoms with Crippen LogP contribution in [0.3, 0.4) is 0 Å². The summed E-state index contributed by atoms with van der Waals surface area (Å²) < 4.78 is 5.48. The summed E-state index contributed by atoms with van der Waals surface area (Å²) in [6.45, 7) is 3.00. The molecule has 0 saturated heterocycles. The number of aliphatic hydroxyl groups is 5. The zero-order valence-corrected chi connectivity index (χ0v) is 17.5. The van der Waals surface area contributed by atoms with Crippen molar-refractivity contribution in [3.63, 3.8) is 0 Å². The Kier molecular flexibility index (Phi) is 9.02. The highest BCUT2D eigenvalue weighted by Gasteiger charge is 2.25. The van der Waals surface area contributed by atoms with E-state index >= 15 is 0 Å². The van der Waals surface area contributed by atoms with Gasteiger partial charge in [-0.15, -0.1) is 0 Å². The Hall–Kier alpha value is -2.43. The number of aliphatic hydroxyl groups excluding tert-OH is 5. The molecule has 172 valence electrons. The molecule has 2 unspecified atom stereocenters. The highest BCUT2D eigenvalue weighted by Crippen LogP contribution is 2.30. The molecule has 0 fully saturated rings. The highest BCUT2D eigenvalue weighted by molar-refractivity contribution is 5.97. The van der Waals surface area contributed by atoms with Crippen LogP contribution in [-0.2, 0) is 4.74 Å². The monoisotopic (exact) mass is 437 g/mol. The zero-order chi connectivity index (χ0) is 23.1. The van der Waals surface area contributed by atoms with Crippen molar-refractivity contribution in [3.05, 3.63) is 41.5 Å². The van der Waals surface area contributed by atoms with Gasteiger partial charge in [-0.25, -0.2) is 4.79 Å². The van der Waals surface area contributed by atoms with Gasteiger partial charge in [0.2, 0.25) is 0 Å². The van der Waals surface area contributed by atoms with Crippen molar-refractivity contribution in [3.8, 4) is 5.75 Å². The van der Waals surface area contributed by atoms with Crippen LogP contribution in [-0.4, -0.2) is 80.3 Å². The van der Waals surface area contributed by atoms with Crippen molar-refractivity contribution in [2.75, 3.05) is 18.5 Å². The summed E-state index contributed by atoms with van der Waals surface area (Å²) in [4.78, 5) is 12.8. The number of aromatic hydroxyl groups is 1. The van der Waals surface area contributed by atoms with Gasteiger partial charge in [0, 0.05) is 24.2 Å². The van der Waals surface area contributed by atoms with Crippen molar-refractivity contribution in [2.24, 2.45) is 5.92 Å². The lowest BCUT2D eigenvalue weighted by Crippen LogP contribution is -2.36. The number of carbonyl (C=O) groups is 1. The first kappa shape index (κ1) is 24.8. The first-order valence-corrected chi connectivity index (χ1v) is 10.1. The van der Waals surface area contributed by atoms with Crippen molar-refractivity contribution in [1.82, 2.24) is 0 Å². The van der Waals surface area contributed by atoms with Crippen LogP contribution < -0.4 is 5.32 Å². The van der Waals surface area contributed by atoms with Crippen LogP contribution in [0.5, 0.6) is 5.75 Å². The molecule has 0 amide bonds. The SMILES string of the molecule is C[C@@H]1/C=C\C(O)[C@@H](O)[C@@H](O)C/C=C/c2cc(NCC(O)CO)cc(O)c2C(=O)O[C@H]1C. The molecule has 0 radical (unpaired) electrons. The molecule has 7 N–H and O–H groups in total. The molecule has 0 saturated carbocycles. The number of ether oxygens (including phenoxy) is 1. The highest BCUT2D eigenvalue weighted by atomic mass is 16.5. The van der Waals surface area contributed by atoms with Crippen molar-refractivity contribution in [1.29, 1.82) is 0 Å². The molecule has 0 spiro atoms. The normalized spacial score (nSPS) is 30.4. The largest absolute Gasteiger partial charge is 0.507 e. The van der Waals surface area contributed by atoms with E-state index < -0.39 is 43.1 Å². The number of rotatable bonds is 4. The van der Waals surface area contributed by atoms with E-state index in [-0.39, 0.29) is 30.2 Å². The summed E-state index contributed by atoms with van der Waals surface area (Å²) in [5.41, 5.74) is 0.614. The van der Waals surface area contributed by atoms with Gasteiger partial charge in [-0.1, -0.05) is 31.2 Å². The Morgan fingerprint density at radius 1 is 1.19 bits per heavy atom. The molecule has 1 heterocycles. The Morgan fingerprint density at radius 3 is 2.58 bits per heavy atom. The smallest absolute Gasteiger partial charge is 0.342 e. The van der Waals surface area contributed by atoms with Gasteiger partial charge in [-0.2, -0.15) is 0 Å². The number of hydrogen-bond donors (Lipinski definition) is 7. The molecule has 31 heavy (non-hydrogen) atoms. The molecule has 1 aromatic carbocycles. The fourth-order valence-electron chi connectivity index (χ4n) is 3.00. The Bertz CT molecular complexity index is 809. The lowest BCUT2D eigenvalue weighted by atomic mass is 9.98. The summed E-state index contributed by atoms with van der Waals surface area (Å²) in [5.74, 6) is -1.40. The lowest BCUT2D eigenvalue weighted by molar-refractivity contribution is -0.0395. The van der Waals surface area contributed by atoms with Gasteiger partial charge in [0.25, 0.3) is 0 Å². The Labute approximate surface area is 180 Å². The quantitative estimate of drug-likeness (QED) is 0.261. The van der Waals surface area contributed by atoms with Crippen molar-refractivity contribution >= 4 is 17.7 Å².